The van der Waals surface area contributed by atoms with Crippen molar-refractivity contribution in [1.29, 1.82) is 0 Å². The molecule has 0 aliphatic heterocycles. The third kappa shape index (κ3) is 3.21. The lowest BCUT2D eigenvalue weighted by atomic mass is 9.70. The van der Waals surface area contributed by atoms with E-state index in [2.05, 4.69) is 44.1 Å². The van der Waals surface area contributed by atoms with Gasteiger partial charge in [0.1, 0.15) is 0 Å². The summed E-state index contributed by atoms with van der Waals surface area (Å²) in [5.41, 5.74) is 2.76. The summed E-state index contributed by atoms with van der Waals surface area (Å²) in [4.78, 5) is 4.34. The zero-order valence-electron chi connectivity index (χ0n) is 11.5. The molecule has 0 saturated heterocycles. The van der Waals surface area contributed by atoms with Crippen molar-refractivity contribution < 1.29 is 0 Å². The molecule has 0 bridgehead atoms. The third-order valence-electron chi connectivity index (χ3n) is 3.75. The predicted octanol–water partition coefficient (Wildman–Crippen LogP) is 4.02. The van der Waals surface area contributed by atoms with Crippen LogP contribution in [0.3, 0.4) is 0 Å². The fourth-order valence-corrected chi connectivity index (χ4v) is 3.31. The Morgan fingerprint density at radius 2 is 2.12 bits per heavy atom. The first kappa shape index (κ1) is 12.4. The van der Waals surface area contributed by atoms with Crippen LogP contribution in [0.1, 0.15) is 45.7 Å². The van der Waals surface area contributed by atoms with Crippen molar-refractivity contribution in [2.24, 2.45) is 11.3 Å². The van der Waals surface area contributed by atoms with E-state index in [0.29, 0.717) is 11.5 Å². The maximum atomic E-state index is 4.34. The minimum absolute atomic E-state index is 0.464. The van der Waals surface area contributed by atoms with Gasteiger partial charge in [0.2, 0.25) is 0 Å². The molecule has 0 spiro atoms. The maximum absolute atomic E-state index is 4.34. The fourth-order valence-electron chi connectivity index (χ4n) is 3.31. The van der Waals surface area contributed by atoms with Gasteiger partial charge < -0.3 is 5.32 Å². The largest absolute Gasteiger partial charge is 0.381 e. The first-order chi connectivity index (χ1) is 7.96. The van der Waals surface area contributed by atoms with Crippen LogP contribution in [-0.4, -0.2) is 11.0 Å². The van der Waals surface area contributed by atoms with Gasteiger partial charge in [0.25, 0.3) is 0 Å². The highest BCUT2D eigenvalue weighted by molar-refractivity contribution is 5.47. The Hall–Kier alpha value is -1.05. The van der Waals surface area contributed by atoms with Gasteiger partial charge in [-0.15, -0.1) is 0 Å². The number of hydrogen-bond acceptors (Lipinski definition) is 2. The number of hydrogen-bond donors (Lipinski definition) is 1. The van der Waals surface area contributed by atoms with Gasteiger partial charge in [-0.25, -0.2) is 0 Å². The summed E-state index contributed by atoms with van der Waals surface area (Å²) in [6.07, 6.45) is 5.73. The summed E-state index contributed by atoms with van der Waals surface area (Å²) in [5.74, 6) is 0.813. The number of aromatic nitrogens is 1. The standard InChI is InChI=1S/C15H24N2/c1-11-8-13(10-15(3,4)9-11)17-14-6-5-7-16-12(14)2/h5-7,11,13,17H,8-10H2,1-4H3. The molecule has 1 aromatic rings. The van der Waals surface area contributed by atoms with E-state index in [4.69, 9.17) is 0 Å². The normalized spacial score (nSPS) is 27.8. The number of nitrogens with zero attached hydrogens (tertiary/aromatic N) is 1. The average molecular weight is 232 g/mol. The molecular weight excluding hydrogens is 208 g/mol. The van der Waals surface area contributed by atoms with Gasteiger partial charge in [-0.1, -0.05) is 20.8 Å². The summed E-state index contributed by atoms with van der Waals surface area (Å²) < 4.78 is 0. The Kier molecular flexibility index (Phi) is 3.41. The highest BCUT2D eigenvalue weighted by Crippen LogP contribution is 2.39. The van der Waals surface area contributed by atoms with Crippen molar-refractivity contribution in [3.8, 4) is 0 Å². The maximum Gasteiger partial charge on any atom is 0.0603 e. The van der Waals surface area contributed by atoms with Gasteiger partial charge in [0, 0.05) is 12.2 Å². The minimum atomic E-state index is 0.464. The van der Waals surface area contributed by atoms with Crippen LogP contribution in [-0.2, 0) is 0 Å². The Morgan fingerprint density at radius 1 is 1.35 bits per heavy atom. The Labute approximate surface area is 105 Å². The second kappa shape index (κ2) is 4.67. The predicted molar refractivity (Wildman–Crippen MR) is 73.2 cm³/mol. The third-order valence-corrected chi connectivity index (χ3v) is 3.75. The monoisotopic (exact) mass is 232 g/mol. The molecule has 1 N–H and O–H groups in total. The smallest absolute Gasteiger partial charge is 0.0603 e. The number of aryl methyl sites for hydroxylation is 1. The molecule has 1 aliphatic carbocycles. The van der Waals surface area contributed by atoms with Gasteiger partial charge in [0.05, 0.1) is 11.4 Å². The Bertz CT molecular complexity index is 384. The molecule has 2 atom stereocenters. The van der Waals surface area contributed by atoms with Gasteiger partial charge in [-0.2, -0.15) is 0 Å². The van der Waals surface area contributed by atoms with E-state index in [-0.39, 0.29) is 0 Å². The van der Waals surface area contributed by atoms with Gasteiger partial charge in [0.15, 0.2) is 0 Å². The topological polar surface area (TPSA) is 24.9 Å². The summed E-state index contributed by atoms with van der Waals surface area (Å²) in [7, 11) is 0. The van der Waals surface area contributed by atoms with Crippen LogP contribution >= 0.6 is 0 Å². The molecule has 2 heteroatoms. The van der Waals surface area contributed by atoms with E-state index in [1.807, 2.05) is 12.3 Å². The molecule has 94 valence electrons. The summed E-state index contributed by atoms with van der Waals surface area (Å²) in [6.45, 7) is 9.20. The highest BCUT2D eigenvalue weighted by Gasteiger charge is 2.31. The molecule has 0 aromatic carbocycles. The van der Waals surface area contributed by atoms with Crippen LogP contribution in [0.5, 0.6) is 0 Å². The lowest BCUT2D eigenvalue weighted by Crippen LogP contribution is -2.35. The number of pyridine rings is 1. The molecule has 0 radical (unpaired) electrons. The van der Waals surface area contributed by atoms with Crippen LogP contribution in [0.25, 0.3) is 0 Å². The first-order valence-corrected chi connectivity index (χ1v) is 6.64. The second-order valence-corrected chi connectivity index (χ2v) is 6.39. The van der Waals surface area contributed by atoms with Crippen molar-refractivity contribution in [2.75, 3.05) is 5.32 Å². The molecule has 1 saturated carbocycles. The molecule has 1 heterocycles. The molecule has 1 aromatic heterocycles. The van der Waals surface area contributed by atoms with E-state index in [1.54, 1.807) is 0 Å². The molecule has 1 fully saturated rings. The molecular formula is C15H24N2. The van der Waals surface area contributed by atoms with E-state index in [0.717, 1.165) is 11.6 Å². The highest BCUT2D eigenvalue weighted by atomic mass is 14.9. The van der Waals surface area contributed by atoms with Crippen LogP contribution < -0.4 is 5.32 Å². The van der Waals surface area contributed by atoms with Crippen molar-refractivity contribution in [3.05, 3.63) is 24.0 Å². The van der Waals surface area contributed by atoms with Crippen molar-refractivity contribution in [2.45, 2.75) is 53.0 Å². The molecule has 17 heavy (non-hydrogen) atoms. The zero-order chi connectivity index (χ0) is 12.5. The lowest BCUT2D eigenvalue weighted by molar-refractivity contribution is 0.178. The molecule has 1 aliphatic rings. The quantitative estimate of drug-likeness (QED) is 0.833. The van der Waals surface area contributed by atoms with Crippen molar-refractivity contribution >= 4 is 5.69 Å². The molecule has 2 nitrogen and oxygen atoms in total. The summed E-state index contributed by atoms with van der Waals surface area (Å²) in [6, 6.07) is 4.73. The minimum Gasteiger partial charge on any atom is -0.381 e. The van der Waals surface area contributed by atoms with Gasteiger partial charge in [-0.3, -0.25) is 4.98 Å². The van der Waals surface area contributed by atoms with Gasteiger partial charge in [-0.05, 0) is 49.7 Å². The second-order valence-electron chi connectivity index (χ2n) is 6.39. The van der Waals surface area contributed by atoms with E-state index in [9.17, 15) is 0 Å². The van der Waals surface area contributed by atoms with E-state index >= 15 is 0 Å². The van der Waals surface area contributed by atoms with E-state index in [1.165, 1.54) is 24.9 Å². The zero-order valence-corrected chi connectivity index (χ0v) is 11.5. The fraction of sp³-hybridized carbons (Fsp3) is 0.667. The molecule has 2 rings (SSSR count). The number of nitrogens with one attached hydrogen (secondary N) is 1. The summed E-state index contributed by atoms with van der Waals surface area (Å²) in [5, 5.41) is 3.67. The van der Waals surface area contributed by atoms with Crippen molar-refractivity contribution in [1.82, 2.24) is 4.98 Å². The molecule has 0 amide bonds. The molecule has 2 unspecified atom stereocenters. The first-order valence-electron chi connectivity index (χ1n) is 6.64. The lowest BCUT2D eigenvalue weighted by Gasteiger charge is -2.39. The number of rotatable bonds is 2. The van der Waals surface area contributed by atoms with Gasteiger partial charge >= 0.3 is 0 Å². The number of anilines is 1. The average Bonchev–Trinajstić information content (AvgIpc) is 2.18. The SMILES string of the molecule is Cc1ncccc1NC1CC(C)CC(C)(C)C1. The Morgan fingerprint density at radius 3 is 2.76 bits per heavy atom. The Balaban J connectivity index is 2.06. The van der Waals surface area contributed by atoms with Crippen LogP contribution in [0, 0.1) is 18.3 Å². The summed E-state index contributed by atoms with van der Waals surface area (Å²) >= 11 is 0. The van der Waals surface area contributed by atoms with Crippen LogP contribution in [0.4, 0.5) is 5.69 Å². The van der Waals surface area contributed by atoms with E-state index < -0.39 is 0 Å². The van der Waals surface area contributed by atoms with Crippen molar-refractivity contribution in [3.63, 3.8) is 0 Å². The van der Waals surface area contributed by atoms with Crippen LogP contribution in [0.15, 0.2) is 18.3 Å². The van der Waals surface area contributed by atoms with Crippen LogP contribution in [0.2, 0.25) is 0 Å².